The van der Waals surface area contributed by atoms with E-state index in [2.05, 4.69) is 38.0 Å². The molecule has 3 nitrogen and oxygen atoms in total. The molecule has 1 aromatic heterocycles. The third-order valence-corrected chi connectivity index (χ3v) is 3.94. The summed E-state index contributed by atoms with van der Waals surface area (Å²) in [5.74, 6) is 1.05. The summed E-state index contributed by atoms with van der Waals surface area (Å²) in [4.78, 5) is 4.15. The third-order valence-electron chi connectivity index (χ3n) is 3.94. The summed E-state index contributed by atoms with van der Waals surface area (Å²) in [5, 5.41) is 3.36. The van der Waals surface area contributed by atoms with Gasteiger partial charge in [-0.25, -0.2) is 9.37 Å². The first-order chi connectivity index (χ1) is 9.83. The molecule has 0 atom stereocenters. The molecule has 1 N–H and O–H groups in total. The Morgan fingerprint density at radius 1 is 1.29 bits per heavy atom. The first-order valence-corrected chi connectivity index (χ1v) is 7.89. The van der Waals surface area contributed by atoms with E-state index >= 15 is 0 Å². The molecule has 21 heavy (non-hydrogen) atoms. The Kier molecular flexibility index (Phi) is 5.20. The number of nitrogens with one attached hydrogen (secondary N) is 1. The summed E-state index contributed by atoms with van der Waals surface area (Å²) in [6.45, 7) is 9.10. The molecule has 0 aromatic carbocycles. The SMILES string of the molecule is CC1CCC(Oc2ncc(F)cc2CNC(C)(C)C)CC1. The van der Waals surface area contributed by atoms with Crippen molar-refractivity contribution in [3.63, 3.8) is 0 Å². The van der Waals surface area contributed by atoms with Gasteiger partial charge in [-0.1, -0.05) is 6.92 Å². The Bertz CT molecular complexity index is 462. The van der Waals surface area contributed by atoms with E-state index in [4.69, 9.17) is 4.74 Å². The van der Waals surface area contributed by atoms with E-state index < -0.39 is 0 Å². The van der Waals surface area contributed by atoms with Crippen LogP contribution in [0.25, 0.3) is 0 Å². The second-order valence-corrected chi connectivity index (χ2v) is 7.22. The Morgan fingerprint density at radius 2 is 1.95 bits per heavy atom. The predicted octanol–water partition coefficient (Wildman–Crippen LogP) is 4.07. The summed E-state index contributed by atoms with van der Waals surface area (Å²) >= 11 is 0. The van der Waals surface area contributed by atoms with Gasteiger partial charge in [-0.2, -0.15) is 0 Å². The monoisotopic (exact) mass is 294 g/mol. The van der Waals surface area contributed by atoms with Crippen molar-refractivity contribution in [3.05, 3.63) is 23.6 Å². The summed E-state index contributed by atoms with van der Waals surface area (Å²) in [7, 11) is 0. The van der Waals surface area contributed by atoms with Crippen LogP contribution in [0.5, 0.6) is 5.88 Å². The minimum absolute atomic E-state index is 0.0240. The van der Waals surface area contributed by atoms with E-state index in [0.29, 0.717) is 12.4 Å². The number of rotatable bonds is 4. The van der Waals surface area contributed by atoms with Gasteiger partial charge in [0.05, 0.1) is 6.20 Å². The molecule has 1 aromatic rings. The molecule has 2 rings (SSSR count). The fourth-order valence-corrected chi connectivity index (χ4v) is 2.57. The van der Waals surface area contributed by atoms with E-state index in [1.54, 1.807) is 0 Å². The lowest BCUT2D eigenvalue weighted by Crippen LogP contribution is -2.35. The maximum atomic E-state index is 13.5. The van der Waals surface area contributed by atoms with Gasteiger partial charge < -0.3 is 10.1 Å². The molecule has 1 aliphatic carbocycles. The molecule has 0 bridgehead atoms. The van der Waals surface area contributed by atoms with Crippen LogP contribution in [0.4, 0.5) is 4.39 Å². The van der Waals surface area contributed by atoms with Gasteiger partial charge in [0.2, 0.25) is 5.88 Å². The Morgan fingerprint density at radius 3 is 2.57 bits per heavy atom. The molecular formula is C17H27FN2O. The molecule has 1 saturated carbocycles. The highest BCUT2D eigenvalue weighted by molar-refractivity contribution is 5.26. The molecule has 118 valence electrons. The van der Waals surface area contributed by atoms with Crippen molar-refractivity contribution in [2.45, 2.75) is 71.6 Å². The maximum absolute atomic E-state index is 13.5. The predicted molar refractivity (Wildman–Crippen MR) is 82.8 cm³/mol. The Balaban J connectivity index is 2.04. The molecule has 0 amide bonds. The van der Waals surface area contributed by atoms with Crippen LogP contribution in [0.15, 0.2) is 12.3 Å². The molecule has 0 unspecified atom stereocenters. The minimum atomic E-state index is -0.315. The van der Waals surface area contributed by atoms with Crippen LogP contribution in [0.1, 0.15) is 58.9 Å². The van der Waals surface area contributed by atoms with Crippen molar-refractivity contribution >= 4 is 0 Å². The number of aromatic nitrogens is 1. The van der Waals surface area contributed by atoms with Crippen molar-refractivity contribution in [3.8, 4) is 5.88 Å². The average Bonchev–Trinajstić information content (AvgIpc) is 2.40. The van der Waals surface area contributed by atoms with Crippen molar-refractivity contribution in [1.82, 2.24) is 10.3 Å². The lowest BCUT2D eigenvalue weighted by Gasteiger charge is -2.27. The highest BCUT2D eigenvalue weighted by Crippen LogP contribution is 2.28. The van der Waals surface area contributed by atoms with Gasteiger partial charge in [-0.3, -0.25) is 0 Å². The fraction of sp³-hybridized carbons (Fsp3) is 0.706. The van der Waals surface area contributed by atoms with Crippen LogP contribution in [0.2, 0.25) is 0 Å². The van der Waals surface area contributed by atoms with E-state index in [1.807, 2.05) is 0 Å². The molecule has 1 heterocycles. The zero-order valence-corrected chi connectivity index (χ0v) is 13.6. The molecule has 4 heteroatoms. The number of nitrogens with zero attached hydrogens (tertiary/aromatic N) is 1. The van der Waals surface area contributed by atoms with Crippen molar-refractivity contribution in [2.24, 2.45) is 5.92 Å². The first kappa shape index (κ1) is 16.2. The van der Waals surface area contributed by atoms with Crippen LogP contribution in [0.3, 0.4) is 0 Å². The summed E-state index contributed by atoms with van der Waals surface area (Å²) in [5.41, 5.74) is 0.771. The van der Waals surface area contributed by atoms with Crippen LogP contribution < -0.4 is 10.1 Å². The van der Waals surface area contributed by atoms with Gasteiger partial charge >= 0.3 is 0 Å². The van der Waals surface area contributed by atoms with Crippen LogP contribution in [0, 0.1) is 11.7 Å². The van der Waals surface area contributed by atoms with E-state index in [9.17, 15) is 4.39 Å². The first-order valence-electron chi connectivity index (χ1n) is 7.89. The molecular weight excluding hydrogens is 267 g/mol. The summed E-state index contributed by atoms with van der Waals surface area (Å²) < 4.78 is 19.5. The van der Waals surface area contributed by atoms with Gasteiger partial charge in [0.25, 0.3) is 0 Å². The quantitative estimate of drug-likeness (QED) is 0.909. The zero-order valence-electron chi connectivity index (χ0n) is 13.6. The normalized spacial score (nSPS) is 23.1. The number of hydrogen-bond donors (Lipinski definition) is 1. The number of ether oxygens (including phenoxy) is 1. The van der Waals surface area contributed by atoms with Crippen LogP contribution >= 0.6 is 0 Å². The van der Waals surface area contributed by atoms with Gasteiger partial charge in [-0.05, 0) is 58.4 Å². The number of pyridine rings is 1. The topological polar surface area (TPSA) is 34.1 Å². The number of hydrogen-bond acceptors (Lipinski definition) is 3. The van der Waals surface area contributed by atoms with Crippen LogP contribution in [-0.4, -0.2) is 16.6 Å². The third kappa shape index (κ3) is 5.27. The second-order valence-electron chi connectivity index (χ2n) is 7.22. The molecule has 1 fully saturated rings. The molecule has 0 saturated heterocycles. The minimum Gasteiger partial charge on any atom is -0.474 e. The zero-order chi connectivity index (χ0) is 15.5. The smallest absolute Gasteiger partial charge is 0.218 e. The molecule has 0 radical (unpaired) electrons. The van der Waals surface area contributed by atoms with Crippen molar-refractivity contribution < 1.29 is 9.13 Å². The van der Waals surface area contributed by atoms with E-state index in [-0.39, 0.29) is 17.5 Å². The second kappa shape index (κ2) is 6.73. The van der Waals surface area contributed by atoms with Crippen molar-refractivity contribution in [2.75, 3.05) is 0 Å². The highest BCUT2D eigenvalue weighted by atomic mass is 19.1. The molecule has 0 aliphatic heterocycles. The van der Waals surface area contributed by atoms with Gasteiger partial charge in [0.1, 0.15) is 11.9 Å². The maximum Gasteiger partial charge on any atom is 0.218 e. The Hall–Kier alpha value is -1.16. The lowest BCUT2D eigenvalue weighted by molar-refractivity contribution is 0.128. The standard InChI is InChI=1S/C17H27FN2O/c1-12-5-7-15(8-6-12)21-16-13(9-14(18)11-19-16)10-20-17(2,3)4/h9,11-12,15,20H,5-8,10H2,1-4H3. The highest BCUT2D eigenvalue weighted by Gasteiger charge is 2.21. The van der Waals surface area contributed by atoms with E-state index in [1.165, 1.54) is 25.1 Å². The number of halogens is 1. The lowest BCUT2D eigenvalue weighted by atomic mass is 9.89. The largest absolute Gasteiger partial charge is 0.474 e. The van der Waals surface area contributed by atoms with Gasteiger partial charge in [0, 0.05) is 17.6 Å². The van der Waals surface area contributed by atoms with Gasteiger partial charge in [-0.15, -0.1) is 0 Å². The van der Waals surface area contributed by atoms with Crippen molar-refractivity contribution in [1.29, 1.82) is 0 Å². The van der Waals surface area contributed by atoms with E-state index in [0.717, 1.165) is 24.3 Å². The average molecular weight is 294 g/mol. The van der Waals surface area contributed by atoms with Gasteiger partial charge in [0.15, 0.2) is 0 Å². The fourth-order valence-electron chi connectivity index (χ4n) is 2.57. The summed E-state index contributed by atoms with van der Waals surface area (Å²) in [6, 6.07) is 1.52. The molecule has 1 aliphatic rings. The Labute approximate surface area is 127 Å². The molecule has 0 spiro atoms. The van der Waals surface area contributed by atoms with Crippen LogP contribution in [-0.2, 0) is 6.54 Å². The summed E-state index contributed by atoms with van der Waals surface area (Å²) in [6.07, 6.45) is 5.97.